The van der Waals surface area contributed by atoms with Crippen LogP contribution in [0.15, 0.2) is 0 Å². The van der Waals surface area contributed by atoms with Gasteiger partial charge in [0.1, 0.15) is 12.2 Å². The van der Waals surface area contributed by atoms with E-state index in [2.05, 4.69) is 0 Å². The molecule has 2 heterocycles. The van der Waals surface area contributed by atoms with Crippen molar-refractivity contribution in [2.24, 2.45) is 5.73 Å². The first-order valence-corrected chi connectivity index (χ1v) is 6.88. The number of amides is 1. The van der Waals surface area contributed by atoms with Crippen molar-refractivity contribution in [1.82, 2.24) is 4.90 Å². The summed E-state index contributed by atoms with van der Waals surface area (Å²) >= 11 is 0. The van der Waals surface area contributed by atoms with Crippen molar-refractivity contribution in [3.63, 3.8) is 0 Å². The molecule has 2 rings (SSSR count). The average molecular weight is 304 g/mol. The van der Waals surface area contributed by atoms with Gasteiger partial charge >= 0.3 is 6.09 Å². The Kier molecular flexibility index (Phi) is 4.46. The zero-order valence-corrected chi connectivity index (χ0v) is 13.1. The molecule has 0 radical (unpaired) electrons. The molecule has 2 fully saturated rings. The molecule has 2 aliphatic heterocycles. The molecule has 0 bridgehead atoms. The quantitative estimate of drug-likeness (QED) is 0.775. The van der Waals surface area contributed by atoms with Gasteiger partial charge in [-0.25, -0.2) is 4.79 Å². The predicted octanol–water partition coefficient (Wildman–Crippen LogP) is -0.0951. The minimum Gasteiger partial charge on any atom is -0.441 e. The average Bonchev–Trinajstić information content (AvgIpc) is 2.81. The molecule has 1 unspecified atom stereocenters. The normalized spacial score (nSPS) is 44.0. The number of hydrogen-bond acceptors (Lipinski definition) is 7. The fraction of sp³-hybridized carbons (Fsp3) is 0.923. The third-order valence-corrected chi connectivity index (χ3v) is 4.32. The lowest BCUT2D eigenvalue weighted by Crippen LogP contribution is -2.68. The maximum atomic E-state index is 11.6. The van der Waals surface area contributed by atoms with Gasteiger partial charge in [0.2, 0.25) is 11.6 Å². The number of nitrogens with zero attached hydrogens (tertiary/aromatic N) is 1. The van der Waals surface area contributed by atoms with Crippen LogP contribution >= 0.6 is 0 Å². The summed E-state index contributed by atoms with van der Waals surface area (Å²) in [4.78, 5) is 13.0. The van der Waals surface area contributed by atoms with Crippen LogP contribution in [0, 0.1) is 0 Å². The van der Waals surface area contributed by atoms with Crippen LogP contribution in [0.25, 0.3) is 0 Å². The largest absolute Gasteiger partial charge is 0.441 e. The molecular weight excluding hydrogens is 280 g/mol. The fourth-order valence-electron chi connectivity index (χ4n) is 2.64. The molecule has 2 saturated heterocycles. The minimum atomic E-state index is -1.15. The maximum absolute atomic E-state index is 11.6. The van der Waals surface area contributed by atoms with Crippen molar-refractivity contribution < 1.29 is 28.5 Å². The van der Waals surface area contributed by atoms with Crippen molar-refractivity contribution in [3.05, 3.63) is 0 Å². The van der Waals surface area contributed by atoms with E-state index in [0.29, 0.717) is 6.54 Å². The van der Waals surface area contributed by atoms with Crippen LogP contribution in [0.4, 0.5) is 4.79 Å². The predicted molar refractivity (Wildman–Crippen MR) is 72.5 cm³/mol. The highest BCUT2D eigenvalue weighted by Gasteiger charge is 2.59. The Balaban J connectivity index is 2.24. The van der Waals surface area contributed by atoms with Crippen molar-refractivity contribution in [2.45, 2.75) is 43.7 Å². The number of likely N-dealkylation sites (N-methyl/N-ethyl adjacent to an activating group) is 1. The number of hydrogen-bond donors (Lipinski definition) is 1. The van der Waals surface area contributed by atoms with Crippen LogP contribution in [-0.2, 0) is 23.7 Å². The molecule has 5 atom stereocenters. The molecular formula is C13H24N2O6. The molecule has 8 heteroatoms. The van der Waals surface area contributed by atoms with Gasteiger partial charge in [-0.1, -0.05) is 0 Å². The number of rotatable bonds is 4. The van der Waals surface area contributed by atoms with Gasteiger partial charge < -0.3 is 34.3 Å². The third kappa shape index (κ3) is 2.62. The lowest BCUT2D eigenvalue weighted by Gasteiger charge is -2.52. The highest BCUT2D eigenvalue weighted by atomic mass is 16.8. The second kappa shape index (κ2) is 5.69. The Morgan fingerprint density at radius 3 is 2.29 bits per heavy atom. The van der Waals surface area contributed by atoms with Crippen molar-refractivity contribution >= 4 is 6.09 Å². The molecule has 0 saturated carbocycles. The highest BCUT2D eigenvalue weighted by molar-refractivity contribution is 5.69. The van der Waals surface area contributed by atoms with Gasteiger partial charge in [0.15, 0.2) is 6.10 Å². The number of methoxy groups -OCH3 is 2. The van der Waals surface area contributed by atoms with Gasteiger partial charge in [-0.15, -0.1) is 0 Å². The van der Waals surface area contributed by atoms with Crippen LogP contribution in [0.3, 0.4) is 0 Å². The molecule has 2 N–H and O–H groups in total. The summed E-state index contributed by atoms with van der Waals surface area (Å²) in [6, 6.07) is 0. The van der Waals surface area contributed by atoms with E-state index in [1.165, 1.54) is 19.1 Å². The van der Waals surface area contributed by atoms with E-state index >= 15 is 0 Å². The molecule has 0 aliphatic carbocycles. The molecule has 8 nitrogen and oxygen atoms in total. The summed E-state index contributed by atoms with van der Waals surface area (Å²) in [6.45, 7) is 4.06. The van der Waals surface area contributed by atoms with E-state index in [0.717, 1.165) is 0 Å². The van der Waals surface area contributed by atoms with Crippen molar-refractivity contribution in [3.8, 4) is 0 Å². The molecule has 0 aromatic heterocycles. The Hall–Kier alpha value is -0.930. The molecule has 0 spiro atoms. The molecule has 0 aromatic carbocycles. The van der Waals surface area contributed by atoms with Gasteiger partial charge in [-0.05, 0) is 13.8 Å². The summed E-state index contributed by atoms with van der Waals surface area (Å²) in [5, 5.41) is 0. The first-order chi connectivity index (χ1) is 9.80. The Bertz CT molecular complexity index is 408. The topological polar surface area (TPSA) is 92.5 Å². The summed E-state index contributed by atoms with van der Waals surface area (Å²) in [5.74, 6) is -2.26. The number of carbonyl (C=O) groups is 1. The minimum absolute atomic E-state index is 0.209. The molecule has 21 heavy (non-hydrogen) atoms. The summed E-state index contributed by atoms with van der Waals surface area (Å²) < 4.78 is 28.2. The number of nitrogens with two attached hydrogens (primary N) is 1. The maximum Gasteiger partial charge on any atom is 0.410 e. The van der Waals surface area contributed by atoms with Gasteiger partial charge in [-0.2, -0.15) is 0 Å². The van der Waals surface area contributed by atoms with E-state index in [-0.39, 0.29) is 6.54 Å². The van der Waals surface area contributed by atoms with Crippen LogP contribution in [0.2, 0.25) is 0 Å². The Morgan fingerprint density at radius 1 is 1.29 bits per heavy atom. The van der Waals surface area contributed by atoms with Crippen LogP contribution < -0.4 is 5.73 Å². The molecule has 122 valence electrons. The summed E-state index contributed by atoms with van der Waals surface area (Å²) in [7, 11) is 4.68. The Morgan fingerprint density at radius 2 is 1.86 bits per heavy atom. The second-order valence-electron chi connectivity index (χ2n) is 5.58. The van der Waals surface area contributed by atoms with Crippen molar-refractivity contribution in [1.29, 1.82) is 0 Å². The van der Waals surface area contributed by atoms with Gasteiger partial charge in [0.05, 0.1) is 6.54 Å². The summed E-state index contributed by atoms with van der Waals surface area (Å²) in [6.07, 6.45) is -1.86. The van der Waals surface area contributed by atoms with Crippen LogP contribution in [0.5, 0.6) is 0 Å². The van der Waals surface area contributed by atoms with Gasteiger partial charge in [0.25, 0.3) is 0 Å². The number of carbonyl (C=O) groups excluding carboxylic acids is 1. The SMILES string of the molecule is CO[C@]1(C)O[C@H](C2CN(C)C(=O)O2)[C@@H](CN)O[C@@]1(C)OC. The second-order valence-corrected chi connectivity index (χ2v) is 5.58. The van der Waals surface area contributed by atoms with E-state index < -0.39 is 36.0 Å². The smallest absolute Gasteiger partial charge is 0.410 e. The zero-order valence-electron chi connectivity index (χ0n) is 13.1. The summed E-state index contributed by atoms with van der Waals surface area (Å²) in [5.41, 5.74) is 5.78. The third-order valence-electron chi connectivity index (χ3n) is 4.32. The first kappa shape index (κ1) is 16.4. The van der Waals surface area contributed by atoms with Crippen molar-refractivity contribution in [2.75, 3.05) is 34.4 Å². The Labute approximate surface area is 124 Å². The van der Waals surface area contributed by atoms with E-state index in [4.69, 9.17) is 29.4 Å². The van der Waals surface area contributed by atoms with Crippen LogP contribution in [0.1, 0.15) is 13.8 Å². The van der Waals surface area contributed by atoms with E-state index in [9.17, 15) is 4.79 Å². The molecule has 0 aromatic rings. The van der Waals surface area contributed by atoms with E-state index in [1.807, 2.05) is 0 Å². The molecule has 2 aliphatic rings. The first-order valence-electron chi connectivity index (χ1n) is 6.88. The van der Waals surface area contributed by atoms with Gasteiger partial charge in [0, 0.05) is 27.8 Å². The lowest BCUT2D eigenvalue weighted by atomic mass is 10.00. The van der Waals surface area contributed by atoms with E-state index in [1.54, 1.807) is 20.9 Å². The zero-order chi connectivity index (χ0) is 15.8. The monoisotopic (exact) mass is 304 g/mol. The fourth-order valence-corrected chi connectivity index (χ4v) is 2.64. The lowest BCUT2D eigenvalue weighted by molar-refractivity contribution is -0.451. The molecule has 1 amide bonds. The highest BCUT2D eigenvalue weighted by Crippen LogP contribution is 2.40. The standard InChI is InChI=1S/C13H24N2O6/c1-12(17-4)13(2,18-5)21-10(8(6-14)20-12)9-7-15(3)11(16)19-9/h8-10H,6-7,14H2,1-5H3/t8-,9?,10+,12-,13-/m1/s1. The van der Waals surface area contributed by atoms with Crippen LogP contribution in [-0.4, -0.2) is 75.2 Å². The number of cyclic esters (lactones) is 1. The van der Waals surface area contributed by atoms with Gasteiger partial charge in [-0.3, -0.25) is 0 Å². The number of ether oxygens (including phenoxy) is 5.